The SMILES string of the molecule is CNCc1ccc(N(C)C2CCC2)nc1C. The summed E-state index contributed by atoms with van der Waals surface area (Å²) in [7, 11) is 4.12. The maximum atomic E-state index is 4.68. The number of anilines is 1. The largest absolute Gasteiger partial charge is 0.357 e. The number of hydrogen-bond acceptors (Lipinski definition) is 3. The van der Waals surface area contributed by atoms with Crippen LogP contribution in [0.3, 0.4) is 0 Å². The van der Waals surface area contributed by atoms with Gasteiger partial charge in [0.15, 0.2) is 0 Å². The maximum absolute atomic E-state index is 4.68. The Morgan fingerprint density at radius 1 is 1.44 bits per heavy atom. The molecule has 0 unspecified atom stereocenters. The zero-order chi connectivity index (χ0) is 11.5. The minimum Gasteiger partial charge on any atom is -0.357 e. The van der Waals surface area contributed by atoms with Crippen LogP contribution >= 0.6 is 0 Å². The van der Waals surface area contributed by atoms with Crippen LogP contribution < -0.4 is 10.2 Å². The summed E-state index contributed by atoms with van der Waals surface area (Å²) in [4.78, 5) is 7.00. The Morgan fingerprint density at radius 3 is 2.69 bits per heavy atom. The van der Waals surface area contributed by atoms with Gasteiger partial charge in [-0.25, -0.2) is 4.98 Å². The van der Waals surface area contributed by atoms with Crippen molar-refractivity contribution in [1.29, 1.82) is 0 Å². The third-order valence-electron chi connectivity index (χ3n) is 3.53. The first-order chi connectivity index (χ1) is 7.72. The fraction of sp³-hybridized carbons (Fsp3) is 0.615. The minimum absolute atomic E-state index is 0.710. The predicted molar refractivity (Wildman–Crippen MR) is 67.8 cm³/mol. The van der Waals surface area contributed by atoms with E-state index in [4.69, 9.17) is 0 Å². The topological polar surface area (TPSA) is 28.2 Å². The van der Waals surface area contributed by atoms with Crippen LogP contribution in [-0.2, 0) is 6.54 Å². The fourth-order valence-corrected chi connectivity index (χ4v) is 2.11. The molecule has 1 aliphatic carbocycles. The molecule has 0 radical (unpaired) electrons. The molecule has 0 spiro atoms. The van der Waals surface area contributed by atoms with Crippen LogP contribution in [0, 0.1) is 6.92 Å². The van der Waals surface area contributed by atoms with Crippen LogP contribution in [0.25, 0.3) is 0 Å². The molecule has 1 heterocycles. The lowest BCUT2D eigenvalue weighted by Gasteiger charge is -2.35. The Morgan fingerprint density at radius 2 is 2.19 bits per heavy atom. The van der Waals surface area contributed by atoms with E-state index in [0.717, 1.165) is 18.1 Å². The molecule has 88 valence electrons. The van der Waals surface area contributed by atoms with Gasteiger partial charge >= 0.3 is 0 Å². The van der Waals surface area contributed by atoms with E-state index in [2.05, 4.69) is 41.3 Å². The van der Waals surface area contributed by atoms with Crippen LogP contribution in [0.15, 0.2) is 12.1 Å². The summed E-state index contributed by atoms with van der Waals surface area (Å²) in [5.41, 5.74) is 2.42. The lowest BCUT2D eigenvalue weighted by Crippen LogP contribution is -2.37. The van der Waals surface area contributed by atoms with Gasteiger partial charge < -0.3 is 10.2 Å². The minimum atomic E-state index is 0.710. The van der Waals surface area contributed by atoms with Crippen LogP contribution in [0.4, 0.5) is 5.82 Å². The van der Waals surface area contributed by atoms with Gasteiger partial charge in [-0.15, -0.1) is 0 Å². The molecule has 16 heavy (non-hydrogen) atoms. The summed E-state index contributed by atoms with van der Waals surface area (Å²) >= 11 is 0. The number of hydrogen-bond donors (Lipinski definition) is 1. The third kappa shape index (κ3) is 2.19. The van der Waals surface area contributed by atoms with Crippen molar-refractivity contribution in [2.45, 2.75) is 38.8 Å². The van der Waals surface area contributed by atoms with Gasteiger partial charge in [0.25, 0.3) is 0 Å². The smallest absolute Gasteiger partial charge is 0.128 e. The van der Waals surface area contributed by atoms with Crippen LogP contribution in [0.1, 0.15) is 30.5 Å². The van der Waals surface area contributed by atoms with Gasteiger partial charge in [0.1, 0.15) is 5.82 Å². The van der Waals surface area contributed by atoms with E-state index in [1.54, 1.807) is 0 Å². The molecule has 1 aliphatic rings. The molecule has 1 saturated carbocycles. The van der Waals surface area contributed by atoms with Crippen molar-refractivity contribution in [1.82, 2.24) is 10.3 Å². The van der Waals surface area contributed by atoms with E-state index in [1.807, 2.05) is 7.05 Å². The van der Waals surface area contributed by atoms with Crippen molar-refractivity contribution in [3.05, 3.63) is 23.4 Å². The van der Waals surface area contributed by atoms with E-state index < -0.39 is 0 Å². The fourth-order valence-electron chi connectivity index (χ4n) is 2.11. The number of nitrogens with zero attached hydrogens (tertiary/aromatic N) is 2. The molecule has 0 saturated heterocycles. The Bertz CT molecular complexity index is 358. The van der Waals surface area contributed by atoms with E-state index in [9.17, 15) is 0 Å². The molecular weight excluding hydrogens is 198 g/mol. The molecule has 1 fully saturated rings. The normalized spacial score (nSPS) is 15.9. The number of pyridine rings is 1. The van der Waals surface area contributed by atoms with E-state index in [-0.39, 0.29) is 0 Å². The van der Waals surface area contributed by atoms with Gasteiger partial charge in [-0.1, -0.05) is 6.07 Å². The molecular formula is C13H21N3. The van der Waals surface area contributed by atoms with Crippen LogP contribution in [0.2, 0.25) is 0 Å². The molecule has 0 aromatic carbocycles. The van der Waals surface area contributed by atoms with E-state index in [1.165, 1.54) is 24.8 Å². The summed E-state index contributed by atoms with van der Waals surface area (Å²) in [5.74, 6) is 1.11. The van der Waals surface area contributed by atoms with Crippen LogP contribution in [-0.4, -0.2) is 25.1 Å². The summed E-state index contributed by atoms with van der Waals surface area (Å²) < 4.78 is 0. The lowest BCUT2D eigenvalue weighted by molar-refractivity contribution is 0.399. The molecule has 0 amide bonds. The summed E-state index contributed by atoms with van der Waals surface area (Å²) in [6.07, 6.45) is 4.00. The monoisotopic (exact) mass is 219 g/mol. The van der Waals surface area contributed by atoms with E-state index in [0.29, 0.717) is 6.04 Å². The number of aromatic nitrogens is 1. The van der Waals surface area contributed by atoms with Gasteiger partial charge in [-0.3, -0.25) is 0 Å². The highest BCUT2D eigenvalue weighted by atomic mass is 15.2. The Balaban J connectivity index is 2.13. The third-order valence-corrected chi connectivity index (χ3v) is 3.53. The number of aryl methyl sites for hydroxylation is 1. The van der Waals surface area contributed by atoms with Crippen molar-refractivity contribution >= 4 is 5.82 Å². The molecule has 3 nitrogen and oxygen atoms in total. The van der Waals surface area contributed by atoms with Crippen molar-refractivity contribution in [2.75, 3.05) is 19.0 Å². The van der Waals surface area contributed by atoms with Gasteiger partial charge in [0.05, 0.1) is 0 Å². The molecule has 1 N–H and O–H groups in total. The maximum Gasteiger partial charge on any atom is 0.128 e. The van der Waals surface area contributed by atoms with Gasteiger partial charge in [-0.2, -0.15) is 0 Å². The van der Waals surface area contributed by atoms with Gasteiger partial charge in [0.2, 0.25) is 0 Å². The van der Waals surface area contributed by atoms with Crippen molar-refractivity contribution in [2.24, 2.45) is 0 Å². The molecule has 2 rings (SSSR count). The first kappa shape index (κ1) is 11.4. The Hall–Kier alpha value is -1.09. The Kier molecular flexibility index (Phi) is 3.44. The highest BCUT2D eigenvalue weighted by Gasteiger charge is 2.23. The molecule has 0 aliphatic heterocycles. The predicted octanol–water partition coefficient (Wildman–Crippen LogP) is 2.10. The van der Waals surface area contributed by atoms with Crippen LogP contribution in [0.5, 0.6) is 0 Å². The zero-order valence-corrected chi connectivity index (χ0v) is 10.5. The van der Waals surface area contributed by atoms with Gasteiger partial charge in [0, 0.05) is 25.3 Å². The van der Waals surface area contributed by atoms with E-state index >= 15 is 0 Å². The number of nitrogens with one attached hydrogen (secondary N) is 1. The lowest BCUT2D eigenvalue weighted by atomic mass is 9.92. The quantitative estimate of drug-likeness (QED) is 0.840. The second-order valence-corrected chi connectivity index (χ2v) is 4.64. The first-order valence-corrected chi connectivity index (χ1v) is 6.06. The summed E-state index contributed by atoms with van der Waals surface area (Å²) in [6, 6.07) is 5.03. The zero-order valence-electron chi connectivity index (χ0n) is 10.5. The summed E-state index contributed by atoms with van der Waals surface area (Å²) in [6.45, 7) is 2.98. The Labute approximate surface area is 97.9 Å². The summed E-state index contributed by atoms with van der Waals surface area (Å²) in [5, 5.41) is 3.17. The molecule has 3 heteroatoms. The second kappa shape index (κ2) is 4.83. The standard InChI is InChI=1S/C13H21N3/c1-10-11(9-14-2)7-8-13(15-10)16(3)12-5-4-6-12/h7-8,12,14H,4-6,9H2,1-3H3. The molecule has 0 bridgehead atoms. The van der Waals surface area contributed by atoms with Crippen molar-refractivity contribution in [3.8, 4) is 0 Å². The number of rotatable bonds is 4. The van der Waals surface area contributed by atoms with Crippen molar-refractivity contribution < 1.29 is 0 Å². The highest BCUT2D eigenvalue weighted by molar-refractivity contribution is 5.42. The average molecular weight is 219 g/mol. The average Bonchev–Trinajstić information content (AvgIpc) is 2.18. The highest BCUT2D eigenvalue weighted by Crippen LogP contribution is 2.27. The van der Waals surface area contributed by atoms with Gasteiger partial charge in [-0.05, 0) is 44.9 Å². The molecule has 1 aromatic heterocycles. The second-order valence-electron chi connectivity index (χ2n) is 4.64. The molecule has 0 atom stereocenters. The first-order valence-electron chi connectivity index (χ1n) is 6.06. The van der Waals surface area contributed by atoms with Crippen molar-refractivity contribution in [3.63, 3.8) is 0 Å². The molecule has 1 aromatic rings.